The molecule has 0 saturated carbocycles. The summed E-state index contributed by atoms with van der Waals surface area (Å²) < 4.78 is 1.15. The fourth-order valence-corrected chi connectivity index (χ4v) is 3.00. The number of anilines is 1. The summed E-state index contributed by atoms with van der Waals surface area (Å²) in [5, 5.41) is 3.50. The van der Waals surface area contributed by atoms with Gasteiger partial charge in [-0.05, 0) is 59.9 Å². The zero-order valence-corrected chi connectivity index (χ0v) is 12.7. The van der Waals surface area contributed by atoms with Crippen molar-refractivity contribution in [2.45, 2.75) is 26.2 Å². The minimum absolute atomic E-state index is 0.970. The van der Waals surface area contributed by atoms with Crippen molar-refractivity contribution in [1.29, 1.82) is 0 Å². The average Bonchev–Trinajstić information content (AvgIpc) is 2.42. The van der Waals surface area contributed by atoms with Crippen LogP contribution in [-0.4, -0.2) is 31.1 Å². The molecule has 0 atom stereocenters. The lowest BCUT2D eigenvalue weighted by atomic mass is 9.94. The third-order valence-corrected chi connectivity index (χ3v) is 4.59. The van der Waals surface area contributed by atoms with Gasteiger partial charge < -0.3 is 10.2 Å². The molecule has 1 aliphatic rings. The average molecular weight is 311 g/mol. The van der Waals surface area contributed by atoms with Gasteiger partial charge in [0.1, 0.15) is 0 Å². The van der Waals surface area contributed by atoms with Crippen molar-refractivity contribution in [2.24, 2.45) is 5.92 Å². The van der Waals surface area contributed by atoms with E-state index < -0.39 is 0 Å². The van der Waals surface area contributed by atoms with Gasteiger partial charge in [-0.2, -0.15) is 0 Å². The molecule has 18 heavy (non-hydrogen) atoms. The molecule has 0 spiro atoms. The Morgan fingerprint density at radius 3 is 2.67 bits per heavy atom. The van der Waals surface area contributed by atoms with Crippen molar-refractivity contribution >= 4 is 21.6 Å². The Balaban J connectivity index is 1.69. The fraction of sp³-hybridized carbons (Fsp3) is 0.600. The molecular weight excluding hydrogens is 288 g/mol. The molecule has 1 fully saturated rings. The Morgan fingerprint density at radius 1 is 1.28 bits per heavy atom. The highest BCUT2D eigenvalue weighted by molar-refractivity contribution is 9.10. The largest absolute Gasteiger partial charge is 0.383 e. The lowest BCUT2D eigenvalue weighted by molar-refractivity contribution is 0.187. The molecule has 2 nitrogen and oxygen atoms in total. The van der Waals surface area contributed by atoms with Crippen LogP contribution in [0.5, 0.6) is 0 Å². The topological polar surface area (TPSA) is 15.3 Å². The number of piperidine rings is 1. The summed E-state index contributed by atoms with van der Waals surface area (Å²) >= 11 is 3.56. The summed E-state index contributed by atoms with van der Waals surface area (Å²) in [6.07, 6.45) is 4.11. The summed E-state index contributed by atoms with van der Waals surface area (Å²) in [4.78, 5) is 2.58. The number of rotatable bonds is 5. The van der Waals surface area contributed by atoms with Crippen LogP contribution in [-0.2, 0) is 0 Å². The van der Waals surface area contributed by atoms with Gasteiger partial charge in [-0.15, -0.1) is 0 Å². The van der Waals surface area contributed by atoms with E-state index in [2.05, 4.69) is 51.3 Å². The lowest BCUT2D eigenvalue weighted by Crippen LogP contribution is -2.36. The van der Waals surface area contributed by atoms with E-state index >= 15 is 0 Å². The number of benzene rings is 1. The van der Waals surface area contributed by atoms with Gasteiger partial charge in [0, 0.05) is 23.2 Å². The number of nitrogens with one attached hydrogen (secondary N) is 1. The Labute approximate surface area is 119 Å². The smallest absolute Gasteiger partial charge is 0.0485 e. The standard InChI is InChI=1S/C15H23BrN2/c1-2-13-7-10-18(11-8-13)12-9-17-15-6-4-3-5-14(15)16/h3-6,13,17H,2,7-12H2,1H3. The van der Waals surface area contributed by atoms with Crippen molar-refractivity contribution in [3.05, 3.63) is 28.7 Å². The van der Waals surface area contributed by atoms with Gasteiger partial charge in [0.25, 0.3) is 0 Å². The summed E-state index contributed by atoms with van der Waals surface area (Å²) in [7, 11) is 0. The number of hydrogen-bond acceptors (Lipinski definition) is 2. The molecule has 3 heteroatoms. The Hall–Kier alpha value is -0.540. The van der Waals surface area contributed by atoms with Gasteiger partial charge in [0.05, 0.1) is 0 Å². The highest BCUT2D eigenvalue weighted by Gasteiger charge is 2.16. The summed E-state index contributed by atoms with van der Waals surface area (Å²) in [6, 6.07) is 8.31. The molecule has 1 aliphatic heterocycles. The molecular formula is C15H23BrN2. The predicted octanol–water partition coefficient (Wildman–Crippen LogP) is 3.98. The zero-order chi connectivity index (χ0) is 12.8. The first kappa shape index (κ1) is 13.9. The third kappa shape index (κ3) is 3.99. The number of nitrogens with zero attached hydrogens (tertiary/aromatic N) is 1. The minimum Gasteiger partial charge on any atom is -0.383 e. The molecule has 1 N–H and O–H groups in total. The molecule has 1 saturated heterocycles. The molecule has 0 bridgehead atoms. The van der Waals surface area contributed by atoms with Crippen LogP contribution in [0.25, 0.3) is 0 Å². The van der Waals surface area contributed by atoms with Gasteiger partial charge in [-0.25, -0.2) is 0 Å². The van der Waals surface area contributed by atoms with Crippen LogP contribution in [0, 0.1) is 5.92 Å². The summed E-state index contributed by atoms with van der Waals surface area (Å²) in [5.74, 6) is 0.970. The van der Waals surface area contributed by atoms with Gasteiger partial charge in [-0.1, -0.05) is 25.5 Å². The number of likely N-dealkylation sites (tertiary alicyclic amines) is 1. The molecule has 1 aromatic carbocycles. The number of hydrogen-bond donors (Lipinski definition) is 1. The highest BCUT2D eigenvalue weighted by Crippen LogP contribution is 2.22. The Kier molecular flexibility index (Phi) is 5.51. The molecule has 2 rings (SSSR count). The van der Waals surface area contributed by atoms with E-state index in [1.807, 2.05) is 6.07 Å². The van der Waals surface area contributed by atoms with E-state index in [1.165, 1.54) is 38.0 Å². The van der Waals surface area contributed by atoms with E-state index in [9.17, 15) is 0 Å². The first-order valence-electron chi connectivity index (χ1n) is 7.00. The van der Waals surface area contributed by atoms with Crippen molar-refractivity contribution in [1.82, 2.24) is 4.90 Å². The van der Waals surface area contributed by atoms with Gasteiger partial charge >= 0.3 is 0 Å². The van der Waals surface area contributed by atoms with Crippen LogP contribution in [0.4, 0.5) is 5.69 Å². The molecule has 0 aromatic heterocycles. The molecule has 0 radical (unpaired) electrons. The lowest BCUT2D eigenvalue weighted by Gasteiger charge is -2.31. The minimum atomic E-state index is 0.970. The quantitative estimate of drug-likeness (QED) is 0.885. The molecule has 1 heterocycles. The van der Waals surface area contributed by atoms with E-state index in [-0.39, 0.29) is 0 Å². The third-order valence-electron chi connectivity index (χ3n) is 3.90. The van der Waals surface area contributed by atoms with E-state index in [0.717, 1.165) is 23.5 Å². The molecule has 0 amide bonds. The SMILES string of the molecule is CCC1CCN(CCNc2ccccc2Br)CC1. The fourth-order valence-electron chi connectivity index (χ4n) is 2.57. The monoisotopic (exact) mass is 310 g/mol. The Morgan fingerprint density at radius 2 is 2.00 bits per heavy atom. The van der Waals surface area contributed by atoms with Crippen LogP contribution in [0.3, 0.4) is 0 Å². The van der Waals surface area contributed by atoms with Crippen LogP contribution in [0.15, 0.2) is 28.7 Å². The zero-order valence-electron chi connectivity index (χ0n) is 11.2. The van der Waals surface area contributed by atoms with Crippen molar-refractivity contribution < 1.29 is 0 Å². The maximum absolute atomic E-state index is 3.56. The van der Waals surface area contributed by atoms with E-state index in [0.29, 0.717) is 0 Å². The number of halogens is 1. The maximum atomic E-state index is 3.56. The normalized spacial score (nSPS) is 17.9. The first-order valence-corrected chi connectivity index (χ1v) is 7.79. The molecule has 1 aromatic rings. The van der Waals surface area contributed by atoms with Crippen molar-refractivity contribution in [3.8, 4) is 0 Å². The van der Waals surface area contributed by atoms with E-state index in [1.54, 1.807) is 0 Å². The van der Waals surface area contributed by atoms with Crippen LogP contribution in [0.1, 0.15) is 26.2 Å². The van der Waals surface area contributed by atoms with E-state index in [4.69, 9.17) is 0 Å². The van der Waals surface area contributed by atoms with Crippen LogP contribution in [0.2, 0.25) is 0 Å². The number of para-hydroxylation sites is 1. The molecule has 0 unspecified atom stereocenters. The highest BCUT2D eigenvalue weighted by atomic mass is 79.9. The second kappa shape index (κ2) is 7.15. The van der Waals surface area contributed by atoms with Crippen LogP contribution < -0.4 is 5.32 Å². The second-order valence-corrected chi connectivity index (χ2v) is 5.95. The van der Waals surface area contributed by atoms with Gasteiger partial charge in [0.2, 0.25) is 0 Å². The second-order valence-electron chi connectivity index (χ2n) is 5.10. The van der Waals surface area contributed by atoms with Crippen molar-refractivity contribution in [2.75, 3.05) is 31.5 Å². The van der Waals surface area contributed by atoms with Gasteiger partial charge in [0.15, 0.2) is 0 Å². The van der Waals surface area contributed by atoms with Crippen molar-refractivity contribution in [3.63, 3.8) is 0 Å². The predicted molar refractivity (Wildman–Crippen MR) is 82.1 cm³/mol. The van der Waals surface area contributed by atoms with Crippen LogP contribution >= 0.6 is 15.9 Å². The first-order chi connectivity index (χ1) is 8.79. The van der Waals surface area contributed by atoms with Gasteiger partial charge in [-0.3, -0.25) is 0 Å². The molecule has 100 valence electrons. The summed E-state index contributed by atoms with van der Waals surface area (Å²) in [5.41, 5.74) is 1.20. The maximum Gasteiger partial charge on any atom is 0.0485 e. The molecule has 0 aliphatic carbocycles. The Bertz CT molecular complexity index is 359. The summed E-state index contributed by atoms with van der Waals surface area (Å²) in [6.45, 7) is 7.04.